The summed E-state index contributed by atoms with van der Waals surface area (Å²) < 4.78 is 24.1. The lowest BCUT2D eigenvalue weighted by molar-refractivity contribution is 0.355. The van der Waals surface area contributed by atoms with Crippen LogP contribution in [0.1, 0.15) is 18.1 Å². The van der Waals surface area contributed by atoms with Crippen LogP contribution in [0.15, 0.2) is 60.7 Å². The first-order valence-corrected chi connectivity index (χ1v) is 11.2. The van der Waals surface area contributed by atoms with Crippen LogP contribution in [0.4, 0.5) is 0 Å². The summed E-state index contributed by atoms with van der Waals surface area (Å²) in [7, 11) is 6.56. The monoisotopic (exact) mass is 458 g/mol. The second-order valence-electron chi connectivity index (χ2n) is 7.86. The van der Waals surface area contributed by atoms with E-state index in [-0.39, 0.29) is 0 Å². The first kappa shape index (κ1) is 23.2. The van der Waals surface area contributed by atoms with Gasteiger partial charge in [0.2, 0.25) is 0 Å². The Labute approximate surface area is 200 Å². The molecule has 0 N–H and O–H groups in total. The predicted molar refractivity (Wildman–Crippen MR) is 135 cm³/mol. The number of para-hydroxylation sites is 1. The minimum Gasteiger partial charge on any atom is -0.493 e. The second kappa shape index (κ2) is 9.91. The van der Waals surface area contributed by atoms with Crippen LogP contribution in [-0.4, -0.2) is 38.2 Å². The molecule has 0 spiro atoms. The molecule has 1 heterocycles. The van der Waals surface area contributed by atoms with Crippen molar-refractivity contribution in [2.24, 2.45) is 0 Å². The standard InChI is InChI=1S/C28H30N2O4/c1-7-19-10-8-9-11-22(19)30-28(21-13-15-24(32-4)26(17-21)34-6)18(2)27(29-30)20-12-14-23(31-3)25(16-20)33-5/h8-17H,7H2,1-6H3. The smallest absolute Gasteiger partial charge is 0.161 e. The van der Waals surface area contributed by atoms with Crippen LogP contribution in [0.25, 0.3) is 28.2 Å². The van der Waals surface area contributed by atoms with E-state index in [9.17, 15) is 0 Å². The van der Waals surface area contributed by atoms with Gasteiger partial charge in [-0.05, 0) is 61.4 Å². The number of aromatic nitrogens is 2. The van der Waals surface area contributed by atoms with Gasteiger partial charge in [-0.1, -0.05) is 25.1 Å². The van der Waals surface area contributed by atoms with E-state index in [0.29, 0.717) is 23.0 Å². The Morgan fingerprint density at radius 2 is 1.26 bits per heavy atom. The summed E-state index contributed by atoms with van der Waals surface area (Å²) in [6.07, 6.45) is 0.895. The highest BCUT2D eigenvalue weighted by Gasteiger charge is 2.22. The van der Waals surface area contributed by atoms with Crippen molar-refractivity contribution < 1.29 is 18.9 Å². The third-order valence-corrected chi connectivity index (χ3v) is 6.04. The molecule has 0 radical (unpaired) electrons. The number of hydrogen-bond donors (Lipinski definition) is 0. The molecule has 176 valence electrons. The van der Waals surface area contributed by atoms with Gasteiger partial charge < -0.3 is 18.9 Å². The Hall–Kier alpha value is -3.93. The van der Waals surface area contributed by atoms with Crippen molar-refractivity contribution >= 4 is 0 Å². The van der Waals surface area contributed by atoms with E-state index in [1.165, 1.54) is 5.56 Å². The van der Waals surface area contributed by atoms with Gasteiger partial charge in [-0.2, -0.15) is 5.10 Å². The van der Waals surface area contributed by atoms with Gasteiger partial charge in [0, 0.05) is 16.7 Å². The minimum absolute atomic E-state index is 0.663. The first-order valence-electron chi connectivity index (χ1n) is 11.2. The van der Waals surface area contributed by atoms with E-state index in [1.807, 2.05) is 47.1 Å². The summed E-state index contributed by atoms with van der Waals surface area (Å²) in [5.74, 6) is 2.70. The molecule has 0 aliphatic carbocycles. The van der Waals surface area contributed by atoms with Crippen molar-refractivity contribution in [3.8, 4) is 51.2 Å². The van der Waals surface area contributed by atoms with E-state index in [0.717, 1.165) is 40.2 Å². The molecule has 0 atom stereocenters. The van der Waals surface area contributed by atoms with Gasteiger partial charge in [0.15, 0.2) is 23.0 Å². The number of rotatable bonds is 8. The summed E-state index contributed by atoms with van der Waals surface area (Å²) in [6, 6.07) is 20.2. The van der Waals surface area contributed by atoms with Gasteiger partial charge in [0.05, 0.1) is 45.5 Å². The van der Waals surface area contributed by atoms with Crippen LogP contribution in [0.5, 0.6) is 23.0 Å². The maximum Gasteiger partial charge on any atom is 0.161 e. The molecule has 1 aromatic heterocycles. The van der Waals surface area contributed by atoms with Crippen molar-refractivity contribution in [3.63, 3.8) is 0 Å². The normalized spacial score (nSPS) is 10.8. The fraction of sp³-hybridized carbons (Fsp3) is 0.250. The summed E-state index contributed by atoms with van der Waals surface area (Å²) in [6.45, 7) is 4.25. The van der Waals surface area contributed by atoms with Crippen molar-refractivity contribution in [1.29, 1.82) is 0 Å². The van der Waals surface area contributed by atoms with Crippen LogP contribution in [0, 0.1) is 6.92 Å². The Balaban J connectivity index is 2.00. The number of aryl methyl sites for hydroxylation is 1. The fourth-order valence-corrected chi connectivity index (χ4v) is 4.27. The molecule has 0 saturated heterocycles. The predicted octanol–water partition coefficient (Wildman–Crippen LogP) is 6.11. The van der Waals surface area contributed by atoms with E-state index >= 15 is 0 Å². The SMILES string of the molecule is CCc1ccccc1-n1nc(-c2ccc(OC)c(OC)c2)c(C)c1-c1ccc(OC)c(OC)c1. The Morgan fingerprint density at radius 1 is 0.706 bits per heavy atom. The van der Waals surface area contributed by atoms with E-state index in [2.05, 4.69) is 32.0 Å². The summed E-state index contributed by atoms with van der Waals surface area (Å²) in [5, 5.41) is 5.11. The average molecular weight is 459 g/mol. The Kier molecular flexibility index (Phi) is 6.77. The zero-order valence-corrected chi connectivity index (χ0v) is 20.5. The minimum atomic E-state index is 0.663. The average Bonchev–Trinajstić information content (AvgIpc) is 3.24. The zero-order valence-electron chi connectivity index (χ0n) is 20.5. The maximum absolute atomic E-state index is 5.59. The Morgan fingerprint density at radius 3 is 1.85 bits per heavy atom. The third-order valence-electron chi connectivity index (χ3n) is 6.04. The van der Waals surface area contributed by atoms with Gasteiger partial charge in [0.1, 0.15) is 0 Å². The van der Waals surface area contributed by atoms with Crippen LogP contribution in [0.2, 0.25) is 0 Å². The van der Waals surface area contributed by atoms with Gasteiger partial charge in [-0.25, -0.2) is 4.68 Å². The van der Waals surface area contributed by atoms with Gasteiger partial charge >= 0.3 is 0 Å². The van der Waals surface area contributed by atoms with Gasteiger partial charge in [-0.3, -0.25) is 0 Å². The topological polar surface area (TPSA) is 54.7 Å². The number of ether oxygens (including phenoxy) is 4. The summed E-state index contributed by atoms with van der Waals surface area (Å²) in [5.41, 5.74) is 7.11. The number of nitrogens with zero attached hydrogens (tertiary/aromatic N) is 2. The molecule has 0 saturated carbocycles. The molecule has 0 aliphatic heterocycles. The molecule has 34 heavy (non-hydrogen) atoms. The maximum atomic E-state index is 5.59. The summed E-state index contributed by atoms with van der Waals surface area (Å²) >= 11 is 0. The molecule has 0 unspecified atom stereocenters. The van der Waals surface area contributed by atoms with Crippen LogP contribution >= 0.6 is 0 Å². The highest BCUT2D eigenvalue weighted by Crippen LogP contribution is 2.40. The van der Waals surface area contributed by atoms with Crippen LogP contribution in [0.3, 0.4) is 0 Å². The van der Waals surface area contributed by atoms with Gasteiger partial charge in [0.25, 0.3) is 0 Å². The first-order chi connectivity index (χ1) is 16.6. The number of hydrogen-bond acceptors (Lipinski definition) is 5. The van der Waals surface area contributed by atoms with Gasteiger partial charge in [-0.15, -0.1) is 0 Å². The lowest BCUT2D eigenvalue weighted by atomic mass is 10.0. The molecule has 6 heteroatoms. The highest BCUT2D eigenvalue weighted by atomic mass is 16.5. The second-order valence-corrected chi connectivity index (χ2v) is 7.86. The molecular weight excluding hydrogens is 428 g/mol. The molecule has 3 aromatic carbocycles. The molecule has 0 amide bonds. The third kappa shape index (κ3) is 4.07. The van der Waals surface area contributed by atoms with Crippen LogP contribution in [-0.2, 0) is 6.42 Å². The number of methoxy groups -OCH3 is 4. The van der Waals surface area contributed by atoms with E-state index < -0.39 is 0 Å². The van der Waals surface area contributed by atoms with Crippen molar-refractivity contribution in [3.05, 3.63) is 71.8 Å². The molecular formula is C28H30N2O4. The Bertz CT molecular complexity index is 1310. The summed E-state index contributed by atoms with van der Waals surface area (Å²) in [4.78, 5) is 0. The molecule has 0 bridgehead atoms. The zero-order chi connectivity index (χ0) is 24.2. The molecule has 4 aromatic rings. The van der Waals surface area contributed by atoms with Crippen molar-refractivity contribution in [1.82, 2.24) is 9.78 Å². The van der Waals surface area contributed by atoms with Crippen molar-refractivity contribution in [2.45, 2.75) is 20.3 Å². The lowest BCUT2D eigenvalue weighted by Crippen LogP contribution is -2.03. The quantitative estimate of drug-likeness (QED) is 0.319. The number of benzene rings is 3. The van der Waals surface area contributed by atoms with E-state index in [1.54, 1.807) is 28.4 Å². The highest BCUT2D eigenvalue weighted by molar-refractivity contribution is 5.78. The fourth-order valence-electron chi connectivity index (χ4n) is 4.27. The molecule has 4 rings (SSSR count). The molecule has 6 nitrogen and oxygen atoms in total. The molecule has 0 aliphatic rings. The van der Waals surface area contributed by atoms with Crippen molar-refractivity contribution in [2.75, 3.05) is 28.4 Å². The molecule has 0 fully saturated rings. The van der Waals surface area contributed by atoms with E-state index in [4.69, 9.17) is 24.0 Å². The largest absolute Gasteiger partial charge is 0.493 e. The lowest BCUT2D eigenvalue weighted by Gasteiger charge is -2.14. The van der Waals surface area contributed by atoms with Crippen LogP contribution < -0.4 is 18.9 Å².